The molecule has 1 aliphatic heterocycles. The quantitative estimate of drug-likeness (QED) is 0.740. The van der Waals surface area contributed by atoms with Crippen molar-refractivity contribution in [2.45, 2.75) is 0 Å². The van der Waals surface area contributed by atoms with Gasteiger partial charge in [0.15, 0.2) is 0 Å². The molecule has 28 heavy (non-hydrogen) atoms. The van der Waals surface area contributed by atoms with Crippen LogP contribution in [0.1, 0.15) is 10.4 Å². The van der Waals surface area contributed by atoms with Crippen molar-refractivity contribution in [3.05, 3.63) is 84.4 Å². The molecule has 1 fully saturated rings. The third-order valence-corrected chi connectivity index (χ3v) is 5.25. The van der Waals surface area contributed by atoms with Crippen LogP contribution in [0.2, 0.25) is 0 Å². The normalized spacial score (nSPS) is 14.7. The predicted octanol–water partition coefficient (Wildman–Crippen LogP) is 4.36. The first-order chi connectivity index (χ1) is 13.7. The third kappa shape index (κ3) is 4.24. The summed E-state index contributed by atoms with van der Waals surface area (Å²) in [5.74, 6) is -0.0908. The van der Waals surface area contributed by atoms with Crippen molar-refractivity contribution in [2.24, 2.45) is 0 Å². The van der Waals surface area contributed by atoms with E-state index in [-0.39, 0.29) is 5.91 Å². The summed E-state index contributed by atoms with van der Waals surface area (Å²) in [5.41, 5.74) is 4.93. The Morgan fingerprint density at radius 2 is 1.36 bits per heavy atom. The number of hydrogen-bond donors (Lipinski definition) is 1. The zero-order valence-electron chi connectivity index (χ0n) is 16.1. The molecule has 0 aliphatic carbocycles. The van der Waals surface area contributed by atoms with Crippen LogP contribution >= 0.6 is 0 Å². The lowest BCUT2D eigenvalue weighted by Crippen LogP contribution is -2.44. The number of amides is 1. The maximum absolute atomic E-state index is 12.6. The summed E-state index contributed by atoms with van der Waals surface area (Å²) < 4.78 is 0. The molecule has 3 aromatic rings. The number of nitrogens with zero attached hydrogens (tertiary/aromatic N) is 2. The van der Waals surface area contributed by atoms with E-state index < -0.39 is 0 Å². The van der Waals surface area contributed by atoms with Crippen molar-refractivity contribution in [1.29, 1.82) is 0 Å². The molecule has 4 nitrogen and oxygen atoms in total. The molecule has 0 radical (unpaired) electrons. The molecule has 0 spiro atoms. The van der Waals surface area contributed by atoms with Crippen molar-refractivity contribution >= 4 is 17.3 Å². The molecule has 3 aromatic carbocycles. The first kappa shape index (κ1) is 18.3. The number of hydrogen-bond acceptors (Lipinski definition) is 3. The van der Waals surface area contributed by atoms with Gasteiger partial charge in [0, 0.05) is 43.1 Å². The second kappa shape index (κ2) is 8.28. The molecule has 1 amide bonds. The van der Waals surface area contributed by atoms with Crippen LogP contribution in [0.5, 0.6) is 0 Å². The van der Waals surface area contributed by atoms with Crippen molar-refractivity contribution in [3.63, 3.8) is 0 Å². The Labute approximate surface area is 166 Å². The van der Waals surface area contributed by atoms with E-state index in [0.29, 0.717) is 5.56 Å². The lowest BCUT2D eigenvalue weighted by molar-refractivity contribution is 0.102. The van der Waals surface area contributed by atoms with Crippen LogP contribution in [0.3, 0.4) is 0 Å². The van der Waals surface area contributed by atoms with Gasteiger partial charge in [0.05, 0.1) is 0 Å². The van der Waals surface area contributed by atoms with E-state index in [2.05, 4.69) is 46.4 Å². The number of piperazine rings is 1. The average Bonchev–Trinajstić information content (AvgIpc) is 2.76. The molecule has 1 saturated heterocycles. The molecular weight excluding hydrogens is 346 g/mol. The van der Waals surface area contributed by atoms with Gasteiger partial charge in [0.25, 0.3) is 5.91 Å². The molecule has 0 saturated carbocycles. The molecule has 0 aromatic heterocycles. The van der Waals surface area contributed by atoms with Crippen LogP contribution in [0.15, 0.2) is 78.9 Å². The van der Waals surface area contributed by atoms with E-state index in [1.807, 2.05) is 54.6 Å². The minimum absolute atomic E-state index is 0.0908. The lowest BCUT2D eigenvalue weighted by atomic mass is 10.0. The Balaban J connectivity index is 1.39. The van der Waals surface area contributed by atoms with E-state index in [9.17, 15) is 4.79 Å². The van der Waals surface area contributed by atoms with E-state index in [0.717, 1.165) is 43.0 Å². The van der Waals surface area contributed by atoms with Gasteiger partial charge in [-0.2, -0.15) is 0 Å². The highest BCUT2D eigenvalue weighted by Crippen LogP contribution is 2.21. The fourth-order valence-electron chi connectivity index (χ4n) is 3.47. The molecule has 1 N–H and O–H groups in total. The zero-order valence-corrected chi connectivity index (χ0v) is 16.1. The van der Waals surface area contributed by atoms with Gasteiger partial charge in [-0.1, -0.05) is 42.5 Å². The van der Waals surface area contributed by atoms with Crippen LogP contribution < -0.4 is 10.2 Å². The summed E-state index contributed by atoms with van der Waals surface area (Å²) in [6.45, 7) is 4.24. The molecule has 142 valence electrons. The van der Waals surface area contributed by atoms with E-state index in [1.54, 1.807) is 0 Å². The van der Waals surface area contributed by atoms with E-state index >= 15 is 0 Å². The molecule has 0 unspecified atom stereocenters. The number of carbonyl (C=O) groups excluding carboxylic acids is 1. The first-order valence-corrected chi connectivity index (χ1v) is 9.69. The second-order valence-electron chi connectivity index (χ2n) is 7.23. The fourth-order valence-corrected chi connectivity index (χ4v) is 3.47. The van der Waals surface area contributed by atoms with Crippen molar-refractivity contribution in [1.82, 2.24) is 4.90 Å². The van der Waals surface area contributed by atoms with Crippen LogP contribution in [0, 0.1) is 0 Å². The maximum Gasteiger partial charge on any atom is 0.255 e. The van der Waals surface area contributed by atoms with Gasteiger partial charge in [-0.05, 0) is 54.6 Å². The number of benzene rings is 3. The summed E-state index contributed by atoms with van der Waals surface area (Å²) in [4.78, 5) is 17.3. The van der Waals surface area contributed by atoms with Crippen LogP contribution in [-0.4, -0.2) is 44.0 Å². The van der Waals surface area contributed by atoms with E-state index in [1.165, 1.54) is 5.69 Å². The van der Waals surface area contributed by atoms with Gasteiger partial charge in [0.1, 0.15) is 0 Å². The largest absolute Gasteiger partial charge is 0.369 e. The van der Waals surface area contributed by atoms with Crippen molar-refractivity contribution in [2.75, 3.05) is 43.4 Å². The molecule has 4 heteroatoms. The Hall–Kier alpha value is -3.11. The fraction of sp³-hybridized carbons (Fsp3) is 0.208. The highest BCUT2D eigenvalue weighted by molar-refractivity contribution is 6.04. The number of likely N-dealkylation sites (N-methyl/N-ethyl adjacent to an activating group) is 1. The van der Waals surface area contributed by atoms with E-state index in [4.69, 9.17) is 0 Å². The Kier molecular flexibility index (Phi) is 5.40. The molecule has 1 heterocycles. The Morgan fingerprint density at radius 1 is 0.750 bits per heavy atom. The monoisotopic (exact) mass is 371 g/mol. The van der Waals surface area contributed by atoms with Crippen LogP contribution in [-0.2, 0) is 0 Å². The smallest absolute Gasteiger partial charge is 0.255 e. The number of anilines is 2. The highest BCUT2D eigenvalue weighted by atomic mass is 16.1. The van der Waals surface area contributed by atoms with Gasteiger partial charge in [0.2, 0.25) is 0 Å². The van der Waals surface area contributed by atoms with Crippen LogP contribution in [0.4, 0.5) is 11.4 Å². The number of carbonyl (C=O) groups is 1. The Morgan fingerprint density at radius 3 is 2.00 bits per heavy atom. The topological polar surface area (TPSA) is 35.6 Å². The van der Waals surface area contributed by atoms with Crippen molar-refractivity contribution < 1.29 is 4.79 Å². The van der Waals surface area contributed by atoms with Gasteiger partial charge in [-0.15, -0.1) is 0 Å². The minimum Gasteiger partial charge on any atom is -0.369 e. The number of nitrogens with one attached hydrogen (secondary N) is 1. The van der Waals surface area contributed by atoms with Gasteiger partial charge in [-0.25, -0.2) is 0 Å². The molecule has 1 aliphatic rings. The maximum atomic E-state index is 12.6. The first-order valence-electron chi connectivity index (χ1n) is 9.69. The summed E-state index contributed by atoms with van der Waals surface area (Å²) in [6.07, 6.45) is 0. The number of rotatable bonds is 4. The SMILES string of the molecule is CN1CCN(c2ccc(NC(=O)c3ccc(-c4ccccc4)cc3)cc2)CC1. The molecular formula is C24H25N3O. The van der Waals surface area contributed by atoms with Crippen LogP contribution in [0.25, 0.3) is 11.1 Å². The minimum atomic E-state index is -0.0908. The summed E-state index contributed by atoms with van der Waals surface area (Å²) in [6, 6.07) is 26.0. The summed E-state index contributed by atoms with van der Waals surface area (Å²) >= 11 is 0. The van der Waals surface area contributed by atoms with Gasteiger partial charge >= 0.3 is 0 Å². The van der Waals surface area contributed by atoms with Gasteiger partial charge in [-0.3, -0.25) is 4.79 Å². The summed E-state index contributed by atoms with van der Waals surface area (Å²) in [5, 5.41) is 2.99. The summed E-state index contributed by atoms with van der Waals surface area (Å²) in [7, 11) is 2.16. The molecule has 4 rings (SSSR count). The predicted molar refractivity (Wildman–Crippen MR) is 116 cm³/mol. The standard InChI is InChI=1S/C24H25N3O/c1-26-15-17-27(18-16-26)23-13-11-22(12-14-23)25-24(28)21-9-7-20(8-10-21)19-5-3-2-4-6-19/h2-14H,15-18H2,1H3,(H,25,28). The Bertz CT molecular complexity index is 912. The molecule has 0 atom stereocenters. The second-order valence-corrected chi connectivity index (χ2v) is 7.23. The highest BCUT2D eigenvalue weighted by Gasteiger charge is 2.14. The lowest BCUT2D eigenvalue weighted by Gasteiger charge is -2.34. The molecule has 0 bridgehead atoms. The zero-order chi connectivity index (χ0) is 19.3. The third-order valence-electron chi connectivity index (χ3n) is 5.25. The van der Waals surface area contributed by atoms with Crippen molar-refractivity contribution in [3.8, 4) is 11.1 Å². The average molecular weight is 371 g/mol. The van der Waals surface area contributed by atoms with Gasteiger partial charge < -0.3 is 15.1 Å².